The number of thioether (sulfide) groups is 1. The monoisotopic (exact) mass is 383 g/mol. The van der Waals surface area contributed by atoms with Crippen molar-refractivity contribution in [3.63, 3.8) is 0 Å². The maximum atomic E-state index is 12.5. The number of hydrogen-bond acceptors (Lipinski definition) is 4. The van der Waals surface area contributed by atoms with Crippen LogP contribution in [-0.2, 0) is 11.2 Å². The molecule has 0 aliphatic carbocycles. The molecule has 1 fully saturated rings. The Labute approximate surface area is 166 Å². The predicted octanol–water partition coefficient (Wildman–Crippen LogP) is 4.48. The number of aromatic nitrogens is 1. The highest BCUT2D eigenvalue weighted by atomic mass is 32.2. The summed E-state index contributed by atoms with van der Waals surface area (Å²) in [4.78, 5) is 19.3. The Bertz CT molecular complexity index is 729. The van der Waals surface area contributed by atoms with Gasteiger partial charge in [0.25, 0.3) is 0 Å². The van der Waals surface area contributed by atoms with E-state index in [0.717, 1.165) is 29.6 Å². The van der Waals surface area contributed by atoms with E-state index >= 15 is 0 Å². The second kappa shape index (κ2) is 9.90. The zero-order valence-corrected chi connectivity index (χ0v) is 17.0. The minimum absolute atomic E-state index is 0.00724. The molecule has 0 spiro atoms. The van der Waals surface area contributed by atoms with Crippen molar-refractivity contribution in [2.75, 3.05) is 25.0 Å². The number of rotatable bonds is 7. The van der Waals surface area contributed by atoms with Crippen LogP contribution in [0.2, 0.25) is 0 Å². The van der Waals surface area contributed by atoms with Gasteiger partial charge in [0.2, 0.25) is 5.91 Å². The Morgan fingerprint density at radius 2 is 2.07 bits per heavy atom. The highest BCUT2D eigenvalue weighted by molar-refractivity contribution is 8.00. The molecule has 1 aliphatic heterocycles. The third-order valence-electron chi connectivity index (χ3n) is 5.09. The molecule has 27 heavy (non-hydrogen) atoms. The quantitative estimate of drug-likeness (QED) is 0.716. The molecule has 144 valence electrons. The summed E-state index contributed by atoms with van der Waals surface area (Å²) in [6.45, 7) is 7.77. The first-order valence-corrected chi connectivity index (χ1v) is 10.7. The second-order valence-corrected chi connectivity index (χ2v) is 8.75. The summed E-state index contributed by atoms with van der Waals surface area (Å²) in [6, 6.07) is 14.0. The van der Waals surface area contributed by atoms with Crippen molar-refractivity contribution in [3.05, 3.63) is 54.2 Å². The van der Waals surface area contributed by atoms with Crippen molar-refractivity contribution in [3.8, 4) is 0 Å². The van der Waals surface area contributed by atoms with Gasteiger partial charge in [0.05, 0.1) is 10.3 Å². The minimum atomic E-state index is -0.195. The first-order chi connectivity index (χ1) is 13.1. The van der Waals surface area contributed by atoms with Crippen molar-refractivity contribution in [2.24, 2.45) is 5.92 Å². The predicted molar refractivity (Wildman–Crippen MR) is 113 cm³/mol. The molecule has 1 N–H and O–H groups in total. The first kappa shape index (κ1) is 19.9. The lowest BCUT2D eigenvalue weighted by Crippen LogP contribution is -2.34. The number of anilines is 1. The fourth-order valence-electron chi connectivity index (χ4n) is 3.27. The molecule has 1 atom stereocenters. The average molecular weight is 384 g/mol. The normalized spacial score (nSPS) is 16.8. The van der Waals surface area contributed by atoms with Crippen molar-refractivity contribution in [1.29, 1.82) is 0 Å². The van der Waals surface area contributed by atoms with Crippen molar-refractivity contribution >= 4 is 23.4 Å². The van der Waals surface area contributed by atoms with Gasteiger partial charge < -0.3 is 10.2 Å². The van der Waals surface area contributed by atoms with Crippen LogP contribution in [0.5, 0.6) is 0 Å². The highest BCUT2D eigenvalue weighted by Gasteiger charge is 2.16. The zero-order valence-electron chi connectivity index (χ0n) is 16.2. The summed E-state index contributed by atoms with van der Waals surface area (Å²) in [6.07, 6.45) is 5.39. The van der Waals surface area contributed by atoms with Gasteiger partial charge in [-0.1, -0.05) is 36.9 Å². The summed E-state index contributed by atoms with van der Waals surface area (Å²) < 4.78 is 0. The third kappa shape index (κ3) is 6.36. The Kier molecular flexibility index (Phi) is 7.30. The molecule has 2 aromatic rings. The number of pyridine rings is 1. The molecule has 0 unspecified atom stereocenters. The van der Waals surface area contributed by atoms with Crippen LogP contribution in [0.3, 0.4) is 0 Å². The smallest absolute Gasteiger partial charge is 0.237 e. The lowest BCUT2D eigenvalue weighted by molar-refractivity contribution is -0.115. The van der Waals surface area contributed by atoms with E-state index in [4.69, 9.17) is 0 Å². The summed E-state index contributed by atoms with van der Waals surface area (Å²) >= 11 is 1.47. The summed E-state index contributed by atoms with van der Waals surface area (Å²) in [7, 11) is 0. The number of carbonyl (C=O) groups is 1. The lowest BCUT2D eigenvalue weighted by Gasteiger charge is -2.30. The van der Waals surface area contributed by atoms with Gasteiger partial charge in [-0.2, -0.15) is 0 Å². The van der Waals surface area contributed by atoms with Crippen LogP contribution in [0.1, 0.15) is 32.3 Å². The lowest BCUT2D eigenvalue weighted by atomic mass is 9.99. The number of piperidine rings is 1. The highest BCUT2D eigenvalue weighted by Crippen LogP contribution is 2.22. The van der Waals surface area contributed by atoms with Gasteiger partial charge in [0.1, 0.15) is 0 Å². The van der Waals surface area contributed by atoms with Crippen LogP contribution >= 0.6 is 11.8 Å². The topological polar surface area (TPSA) is 45.2 Å². The third-order valence-corrected chi connectivity index (χ3v) is 6.14. The molecular weight excluding hydrogens is 354 g/mol. The number of benzene rings is 1. The molecule has 1 aromatic heterocycles. The Hall–Kier alpha value is -1.85. The van der Waals surface area contributed by atoms with Gasteiger partial charge in [-0.15, -0.1) is 0 Å². The molecule has 0 bridgehead atoms. The van der Waals surface area contributed by atoms with Crippen LogP contribution in [0, 0.1) is 5.92 Å². The molecular formula is C22H29N3OS. The van der Waals surface area contributed by atoms with E-state index in [1.807, 2.05) is 37.3 Å². The van der Waals surface area contributed by atoms with Gasteiger partial charge in [-0.25, -0.2) is 4.98 Å². The number of nitrogens with zero attached hydrogens (tertiary/aromatic N) is 2. The van der Waals surface area contributed by atoms with E-state index in [-0.39, 0.29) is 11.2 Å². The average Bonchev–Trinajstić information content (AvgIpc) is 2.68. The summed E-state index contributed by atoms with van der Waals surface area (Å²) in [5, 5.41) is 3.71. The van der Waals surface area contributed by atoms with Gasteiger partial charge in [-0.05, 0) is 75.0 Å². The van der Waals surface area contributed by atoms with Crippen molar-refractivity contribution in [1.82, 2.24) is 9.88 Å². The molecule has 2 heterocycles. The standard InChI is InChI=1S/C22H29N3OS/c1-17-9-13-25(14-10-17)15-11-19-6-5-7-20(16-19)24-22(26)18(2)27-21-8-3-4-12-23-21/h3-8,12,16-18H,9-11,13-15H2,1-2H3,(H,24,26)/t18-/m1/s1. The minimum Gasteiger partial charge on any atom is -0.325 e. The number of hydrogen-bond donors (Lipinski definition) is 1. The van der Waals surface area contributed by atoms with Crippen molar-refractivity contribution in [2.45, 2.75) is 43.4 Å². The van der Waals surface area contributed by atoms with E-state index in [9.17, 15) is 4.79 Å². The van der Waals surface area contributed by atoms with Crippen LogP contribution in [0.4, 0.5) is 5.69 Å². The summed E-state index contributed by atoms with van der Waals surface area (Å²) in [5.41, 5.74) is 2.15. The fraction of sp³-hybridized carbons (Fsp3) is 0.455. The first-order valence-electron chi connectivity index (χ1n) is 9.80. The summed E-state index contributed by atoms with van der Waals surface area (Å²) in [5.74, 6) is 0.874. The van der Waals surface area contributed by atoms with Crippen LogP contribution in [-0.4, -0.2) is 40.7 Å². The Balaban J connectivity index is 1.50. The Morgan fingerprint density at radius 3 is 2.81 bits per heavy atom. The molecule has 0 radical (unpaired) electrons. The molecule has 5 heteroatoms. The largest absolute Gasteiger partial charge is 0.325 e. The molecule has 0 saturated carbocycles. The van der Waals surface area contributed by atoms with E-state index in [2.05, 4.69) is 34.3 Å². The maximum Gasteiger partial charge on any atom is 0.237 e. The number of likely N-dealkylation sites (tertiary alicyclic amines) is 1. The molecule has 1 aromatic carbocycles. The Morgan fingerprint density at radius 1 is 1.26 bits per heavy atom. The van der Waals surface area contributed by atoms with E-state index in [1.165, 1.54) is 43.3 Å². The number of carbonyl (C=O) groups excluding carboxylic acids is 1. The van der Waals surface area contributed by atoms with Gasteiger partial charge in [-0.3, -0.25) is 4.79 Å². The SMILES string of the molecule is CC1CCN(CCc2cccc(NC(=O)[C@@H](C)Sc3ccccn3)c2)CC1. The second-order valence-electron chi connectivity index (χ2n) is 7.39. The molecule has 1 aliphatic rings. The number of nitrogens with one attached hydrogen (secondary N) is 1. The van der Waals surface area contributed by atoms with Crippen LogP contribution in [0.25, 0.3) is 0 Å². The van der Waals surface area contributed by atoms with Crippen LogP contribution in [0.15, 0.2) is 53.7 Å². The molecule has 1 saturated heterocycles. The van der Waals surface area contributed by atoms with E-state index in [1.54, 1.807) is 6.20 Å². The van der Waals surface area contributed by atoms with Gasteiger partial charge >= 0.3 is 0 Å². The molecule has 1 amide bonds. The zero-order chi connectivity index (χ0) is 19.1. The fourth-order valence-corrected chi connectivity index (χ4v) is 4.08. The maximum absolute atomic E-state index is 12.5. The van der Waals surface area contributed by atoms with Gasteiger partial charge in [0, 0.05) is 18.4 Å². The molecule has 4 nitrogen and oxygen atoms in total. The van der Waals surface area contributed by atoms with Crippen molar-refractivity contribution < 1.29 is 4.79 Å². The number of amides is 1. The van der Waals surface area contributed by atoms with E-state index < -0.39 is 0 Å². The van der Waals surface area contributed by atoms with E-state index in [0.29, 0.717) is 0 Å². The van der Waals surface area contributed by atoms with Gasteiger partial charge in [0.15, 0.2) is 0 Å². The molecule has 3 rings (SSSR count). The van der Waals surface area contributed by atoms with Crippen LogP contribution < -0.4 is 5.32 Å².